The van der Waals surface area contributed by atoms with E-state index in [9.17, 15) is 4.79 Å². The first-order chi connectivity index (χ1) is 8.72. The molecule has 4 heteroatoms. The van der Waals surface area contributed by atoms with Gasteiger partial charge in [0.05, 0.1) is 13.7 Å². The summed E-state index contributed by atoms with van der Waals surface area (Å²) in [5.74, 6) is 2.32. The van der Waals surface area contributed by atoms with Gasteiger partial charge in [-0.3, -0.25) is 4.79 Å². The summed E-state index contributed by atoms with van der Waals surface area (Å²) in [7, 11) is 1.61. The highest BCUT2D eigenvalue weighted by molar-refractivity contribution is 5.81. The Morgan fingerprint density at radius 3 is 2.67 bits per heavy atom. The first-order valence-corrected chi connectivity index (χ1v) is 6.26. The third kappa shape index (κ3) is 3.15. The maximum Gasteiger partial charge on any atom is 0.223 e. The Labute approximate surface area is 107 Å². The number of amides is 1. The minimum absolute atomic E-state index is 0.145. The molecule has 98 valence electrons. The molecule has 2 rings (SSSR count). The molecule has 1 N–H and O–H groups in total. The van der Waals surface area contributed by atoms with E-state index in [0.717, 1.165) is 6.42 Å². The van der Waals surface area contributed by atoms with E-state index in [1.807, 2.05) is 24.3 Å². The third-order valence-electron chi connectivity index (χ3n) is 3.17. The van der Waals surface area contributed by atoms with Crippen LogP contribution in [0.3, 0.4) is 0 Å². The molecule has 1 aliphatic rings. The minimum Gasteiger partial charge on any atom is -0.493 e. The number of hydrogen-bond acceptors (Lipinski definition) is 3. The molecule has 18 heavy (non-hydrogen) atoms. The fraction of sp³-hybridized carbons (Fsp3) is 0.500. The summed E-state index contributed by atoms with van der Waals surface area (Å²) in [6.07, 6.45) is 1.01. The van der Waals surface area contributed by atoms with E-state index < -0.39 is 0 Å². The zero-order chi connectivity index (χ0) is 13.0. The summed E-state index contributed by atoms with van der Waals surface area (Å²) in [5, 5.41) is 2.88. The second-order valence-electron chi connectivity index (χ2n) is 4.61. The zero-order valence-electron chi connectivity index (χ0n) is 10.8. The molecule has 4 nitrogen and oxygen atoms in total. The molecule has 1 aromatic rings. The quantitative estimate of drug-likeness (QED) is 0.783. The minimum atomic E-state index is 0.145. The summed E-state index contributed by atoms with van der Waals surface area (Å²) >= 11 is 0. The fourth-order valence-corrected chi connectivity index (χ4v) is 1.89. The number of nitrogens with one attached hydrogen (secondary N) is 1. The highest BCUT2D eigenvalue weighted by atomic mass is 16.5. The van der Waals surface area contributed by atoms with Crippen LogP contribution in [-0.4, -0.2) is 26.2 Å². The third-order valence-corrected chi connectivity index (χ3v) is 3.17. The van der Waals surface area contributed by atoms with Crippen molar-refractivity contribution < 1.29 is 14.3 Å². The van der Waals surface area contributed by atoms with E-state index in [1.165, 1.54) is 0 Å². The number of ether oxygens (including phenoxy) is 2. The lowest BCUT2D eigenvalue weighted by Crippen LogP contribution is -2.29. The highest BCUT2D eigenvalue weighted by Gasteiger charge is 2.38. The first-order valence-electron chi connectivity index (χ1n) is 6.26. The molecule has 0 saturated heterocycles. The van der Waals surface area contributed by atoms with Gasteiger partial charge in [-0.15, -0.1) is 0 Å². The van der Waals surface area contributed by atoms with Crippen molar-refractivity contribution in [3.63, 3.8) is 0 Å². The Bertz CT molecular complexity index is 419. The Kier molecular flexibility index (Phi) is 4.07. The van der Waals surface area contributed by atoms with E-state index in [0.29, 0.717) is 30.6 Å². The van der Waals surface area contributed by atoms with Gasteiger partial charge in [-0.25, -0.2) is 0 Å². The largest absolute Gasteiger partial charge is 0.493 e. The van der Waals surface area contributed by atoms with Gasteiger partial charge in [-0.05, 0) is 24.5 Å². The van der Waals surface area contributed by atoms with Gasteiger partial charge in [0.2, 0.25) is 5.91 Å². The molecular weight excluding hydrogens is 230 g/mol. The van der Waals surface area contributed by atoms with Crippen molar-refractivity contribution in [3.8, 4) is 11.5 Å². The number of carbonyl (C=O) groups excluding carboxylic acids is 1. The Morgan fingerprint density at radius 2 is 2.06 bits per heavy atom. The molecule has 0 spiro atoms. The SMILES string of the molecule is COc1ccccc1OCCNC(=O)C1CC1C. The van der Waals surface area contributed by atoms with Crippen LogP contribution in [0.2, 0.25) is 0 Å². The zero-order valence-corrected chi connectivity index (χ0v) is 10.8. The lowest BCUT2D eigenvalue weighted by Gasteiger charge is -2.10. The lowest BCUT2D eigenvalue weighted by molar-refractivity contribution is -0.122. The Balaban J connectivity index is 1.70. The predicted molar refractivity (Wildman–Crippen MR) is 68.8 cm³/mol. The summed E-state index contributed by atoms with van der Waals surface area (Å²) < 4.78 is 10.7. The van der Waals surface area contributed by atoms with Gasteiger partial charge in [-0.2, -0.15) is 0 Å². The number of methoxy groups -OCH3 is 1. The smallest absolute Gasteiger partial charge is 0.223 e. The topological polar surface area (TPSA) is 47.6 Å². The van der Waals surface area contributed by atoms with Crippen LogP contribution in [0.5, 0.6) is 11.5 Å². The number of rotatable bonds is 6. The number of benzene rings is 1. The molecule has 2 atom stereocenters. The van der Waals surface area contributed by atoms with Crippen LogP contribution in [0.4, 0.5) is 0 Å². The van der Waals surface area contributed by atoms with Crippen molar-refractivity contribution in [2.45, 2.75) is 13.3 Å². The normalized spacial score (nSPS) is 21.2. The van der Waals surface area contributed by atoms with Crippen molar-refractivity contribution in [2.24, 2.45) is 11.8 Å². The molecule has 0 heterocycles. The average Bonchev–Trinajstić information content (AvgIpc) is 3.12. The first kappa shape index (κ1) is 12.7. The van der Waals surface area contributed by atoms with E-state index in [4.69, 9.17) is 9.47 Å². The van der Waals surface area contributed by atoms with E-state index in [-0.39, 0.29) is 11.8 Å². The maximum atomic E-state index is 11.6. The maximum absolute atomic E-state index is 11.6. The van der Waals surface area contributed by atoms with Gasteiger partial charge >= 0.3 is 0 Å². The summed E-state index contributed by atoms with van der Waals surface area (Å²) in [4.78, 5) is 11.6. The van der Waals surface area contributed by atoms with Crippen LogP contribution < -0.4 is 14.8 Å². The molecule has 1 aliphatic carbocycles. The highest BCUT2D eigenvalue weighted by Crippen LogP contribution is 2.37. The Hall–Kier alpha value is -1.71. The van der Waals surface area contributed by atoms with Gasteiger partial charge in [0.25, 0.3) is 0 Å². The molecule has 1 saturated carbocycles. The molecule has 1 aromatic carbocycles. The number of carbonyl (C=O) groups is 1. The van der Waals surface area contributed by atoms with Crippen molar-refractivity contribution in [1.82, 2.24) is 5.32 Å². The van der Waals surface area contributed by atoms with Crippen molar-refractivity contribution in [1.29, 1.82) is 0 Å². The Morgan fingerprint density at radius 1 is 1.39 bits per heavy atom. The lowest BCUT2D eigenvalue weighted by atomic mass is 10.3. The van der Waals surface area contributed by atoms with E-state index in [1.54, 1.807) is 7.11 Å². The molecule has 0 radical (unpaired) electrons. The van der Waals surface area contributed by atoms with Gasteiger partial charge in [0, 0.05) is 5.92 Å². The number of hydrogen-bond donors (Lipinski definition) is 1. The summed E-state index contributed by atoms with van der Waals surface area (Å²) in [5.41, 5.74) is 0. The summed E-state index contributed by atoms with van der Waals surface area (Å²) in [6.45, 7) is 3.07. The van der Waals surface area contributed by atoms with Crippen LogP contribution in [0.1, 0.15) is 13.3 Å². The van der Waals surface area contributed by atoms with Gasteiger partial charge in [-0.1, -0.05) is 19.1 Å². The van der Waals surface area contributed by atoms with Gasteiger partial charge in [0.1, 0.15) is 6.61 Å². The standard InChI is InChI=1S/C14H19NO3/c1-10-9-11(10)14(16)15-7-8-18-13-6-4-3-5-12(13)17-2/h3-6,10-11H,7-9H2,1-2H3,(H,15,16). The van der Waals surface area contributed by atoms with Crippen LogP contribution in [0.15, 0.2) is 24.3 Å². The molecule has 0 aliphatic heterocycles. The van der Waals surface area contributed by atoms with E-state index in [2.05, 4.69) is 12.2 Å². The second-order valence-corrected chi connectivity index (χ2v) is 4.61. The molecule has 2 unspecified atom stereocenters. The van der Waals surface area contributed by atoms with E-state index >= 15 is 0 Å². The van der Waals surface area contributed by atoms with Crippen molar-refractivity contribution >= 4 is 5.91 Å². The van der Waals surface area contributed by atoms with Crippen molar-refractivity contribution in [3.05, 3.63) is 24.3 Å². The molecule has 1 amide bonds. The second kappa shape index (κ2) is 5.76. The van der Waals surface area contributed by atoms with Crippen molar-refractivity contribution in [2.75, 3.05) is 20.3 Å². The van der Waals surface area contributed by atoms with Crippen LogP contribution in [0, 0.1) is 11.8 Å². The molecule has 0 bridgehead atoms. The molecule has 0 aromatic heterocycles. The van der Waals surface area contributed by atoms with Crippen LogP contribution in [-0.2, 0) is 4.79 Å². The number of para-hydroxylation sites is 2. The van der Waals surface area contributed by atoms with Gasteiger partial charge < -0.3 is 14.8 Å². The fourth-order valence-electron chi connectivity index (χ4n) is 1.89. The molecular formula is C14H19NO3. The monoisotopic (exact) mass is 249 g/mol. The van der Waals surface area contributed by atoms with Gasteiger partial charge in [0.15, 0.2) is 11.5 Å². The van der Waals surface area contributed by atoms with Crippen LogP contribution in [0.25, 0.3) is 0 Å². The summed E-state index contributed by atoms with van der Waals surface area (Å²) in [6, 6.07) is 7.48. The van der Waals surface area contributed by atoms with Crippen LogP contribution >= 0.6 is 0 Å². The predicted octanol–water partition coefficient (Wildman–Crippen LogP) is 1.85. The average molecular weight is 249 g/mol. The molecule has 1 fully saturated rings.